The molecule has 0 aromatic heterocycles. The van der Waals surface area contributed by atoms with Gasteiger partial charge in [-0.3, -0.25) is 0 Å². The normalized spacial score (nSPS) is 16.2. The number of aliphatic hydroxyl groups is 1. The largest absolute Gasteiger partial charge is 0.478 e. The molecule has 1 aliphatic heterocycles. The molecule has 1 heterocycles. The van der Waals surface area contributed by atoms with Crippen LogP contribution >= 0.6 is 12.4 Å². The van der Waals surface area contributed by atoms with E-state index in [2.05, 4.69) is 11.9 Å². The number of aromatic carboxylic acids is 1. The summed E-state index contributed by atoms with van der Waals surface area (Å²) in [7, 11) is 2.10. The number of halogens is 1. The lowest BCUT2D eigenvalue weighted by atomic mass is 9.85. The second-order valence-corrected chi connectivity index (χ2v) is 5.87. The van der Waals surface area contributed by atoms with Crippen molar-refractivity contribution in [2.24, 2.45) is 0 Å². The Morgan fingerprint density at radius 1 is 0.958 bits per heavy atom. The van der Waals surface area contributed by atoms with E-state index in [0.29, 0.717) is 5.56 Å². The number of likely N-dealkylation sites (tertiary alicyclic amines) is 1. The van der Waals surface area contributed by atoms with Gasteiger partial charge in [-0.1, -0.05) is 48.5 Å². The Morgan fingerprint density at radius 2 is 1.42 bits per heavy atom. The fourth-order valence-electron chi connectivity index (χ4n) is 2.61. The van der Waals surface area contributed by atoms with Crippen molar-refractivity contribution in [1.82, 2.24) is 4.90 Å². The van der Waals surface area contributed by atoms with Crippen LogP contribution < -0.4 is 0 Å². The average molecular weight is 350 g/mol. The van der Waals surface area contributed by atoms with Gasteiger partial charge >= 0.3 is 5.97 Å². The van der Waals surface area contributed by atoms with Gasteiger partial charge in [-0.25, -0.2) is 4.79 Å². The first-order valence-corrected chi connectivity index (χ1v) is 7.76. The maximum atomic E-state index is 10.4. The number of carboxylic acids is 1. The van der Waals surface area contributed by atoms with Gasteiger partial charge in [0.15, 0.2) is 0 Å². The van der Waals surface area contributed by atoms with Gasteiger partial charge in [-0.05, 0) is 37.6 Å². The molecule has 5 heteroatoms. The standard InChI is InChI=1S/C12H17NO.C7H6O2.ClH/c1-13-9-7-12(14,8-10-13)11-5-3-2-4-6-11;8-7(9)6-4-2-1-3-5-6;/h2-6,14H,7-10H2,1H3;1-5H,(H,8,9);1H. The summed E-state index contributed by atoms with van der Waals surface area (Å²) >= 11 is 0. The van der Waals surface area contributed by atoms with Gasteiger partial charge in [0.05, 0.1) is 11.2 Å². The number of hydrogen-bond donors (Lipinski definition) is 2. The zero-order valence-electron chi connectivity index (χ0n) is 13.8. The number of rotatable bonds is 2. The molecule has 1 aliphatic rings. The number of hydrogen-bond acceptors (Lipinski definition) is 3. The quantitative estimate of drug-likeness (QED) is 0.872. The minimum atomic E-state index is -0.879. The highest BCUT2D eigenvalue weighted by Gasteiger charge is 2.32. The molecule has 0 unspecified atom stereocenters. The van der Waals surface area contributed by atoms with Crippen molar-refractivity contribution in [1.29, 1.82) is 0 Å². The third-order valence-corrected chi connectivity index (χ3v) is 4.15. The fraction of sp³-hybridized carbons (Fsp3) is 0.316. The Kier molecular flexibility index (Phi) is 7.92. The molecule has 24 heavy (non-hydrogen) atoms. The van der Waals surface area contributed by atoms with Crippen molar-refractivity contribution in [2.75, 3.05) is 20.1 Å². The third kappa shape index (κ3) is 5.64. The molecule has 0 aliphatic carbocycles. The first kappa shape index (κ1) is 20.2. The van der Waals surface area contributed by atoms with E-state index in [-0.39, 0.29) is 12.4 Å². The summed E-state index contributed by atoms with van der Waals surface area (Å²) in [6.45, 7) is 1.96. The zero-order chi connectivity index (χ0) is 16.7. The molecule has 0 spiro atoms. The average Bonchev–Trinajstić information content (AvgIpc) is 2.60. The Hall–Kier alpha value is -1.88. The molecule has 0 bridgehead atoms. The number of carbonyl (C=O) groups is 1. The summed E-state index contributed by atoms with van der Waals surface area (Å²) in [5.74, 6) is -0.879. The van der Waals surface area contributed by atoms with Gasteiger partial charge < -0.3 is 15.1 Å². The van der Waals surface area contributed by atoms with E-state index in [1.54, 1.807) is 30.3 Å². The van der Waals surface area contributed by atoms with Gasteiger partial charge in [-0.15, -0.1) is 12.4 Å². The van der Waals surface area contributed by atoms with E-state index >= 15 is 0 Å². The van der Waals surface area contributed by atoms with Crippen LogP contribution in [0.25, 0.3) is 0 Å². The second kappa shape index (κ2) is 9.42. The van der Waals surface area contributed by atoms with Crippen LogP contribution in [0.4, 0.5) is 0 Å². The van der Waals surface area contributed by atoms with Crippen LogP contribution in [-0.2, 0) is 5.60 Å². The van der Waals surface area contributed by atoms with Crippen LogP contribution in [0.5, 0.6) is 0 Å². The highest BCUT2D eigenvalue weighted by atomic mass is 35.5. The van der Waals surface area contributed by atoms with E-state index in [0.717, 1.165) is 31.5 Å². The molecule has 2 aromatic rings. The molecule has 0 amide bonds. The van der Waals surface area contributed by atoms with E-state index in [4.69, 9.17) is 5.11 Å². The maximum absolute atomic E-state index is 10.4. The lowest BCUT2D eigenvalue weighted by Gasteiger charge is -2.36. The Balaban J connectivity index is 0.000000252. The van der Waals surface area contributed by atoms with Gasteiger partial charge in [0.25, 0.3) is 0 Å². The van der Waals surface area contributed by atoms with Crippen LogP contribution in [0.2, 0.25) is 0 Å². The predicted octanol–water partition coefficient (Wildman–Crippen LogP) is 3.41. The van der Waals surface area contributed by atoms with Crippen LogP contribution in [-0.4, -0.2) is 41.2 Å². The van der Waals surface area contributed by atoms with Crippen molar-refractivity contribution >= 4 is 18.4 Å². The van der Waals surface area contributed by atoms with E-state index in [9.17, 15) is 9.90 Å². The summed E-state index contributed by atoms with van der Waals surface area (Å²) in [4.78, 5) is 12.5. The van der Waals surface area contributed by atoms with Crippen LogP contribution in [0.15, 0.2) is 60.7 Å². The van der Waals surface area contributed by atoms with Crippen LogP contribution in [0.3, 0.4) is 0 Å². The summed E-state index contributed by atoms with van der Waals surface area (Å²) < 4.78 is 0. The second-order valence-electron chi connectivity index (χ2n) is 5.87. The summed E-state index contributed by atoms with van der Waals surface area (Å²) in [6.07, 6.45) is 1.68. The topological polar surface area (TPSA) is 60.8 Å². The SMILES string of the molecule is CN1CCC(O)(c2ccccc2)CC1.Cl.O=C(O)c1ccccc1. The summed E-state index contributed by atoms with van der Waals surface area (Å²) in [5.41, 5.74) is 0.805. The molecular weight excluding hydrogens is 326 g/mol. The highest BCUT2D eigenvalue weighted by molar-refractivity contribution is 5.87. The van der Waals surface area contributed by atoms with E-state index < -0.39 is 11.6 Å². The molecular formula is C19H24ClNO3. The monoisotopic (exact) mass is 349 g/mol. The predicted molar refractivity (Wildman–Crippen MR) is 97.7 cm³/mol. The Labute approximate surface area is 149 Å². The van der Waals surface area contributed by atoms with Crippen molar-refractivity contribution in [3.63, 3.8) is 0 Å². The smallest absolute Gasteiger partial charge is 0.335 e. The van der Waals surface area contributed by atoms with Gasteiger partial charge in [0.1, 0.15) is 0 Å². The van der Waals surface area contributed by atoms with Crippen molar-refractivity contribution < 1.29 is 15.0 Å². The first-order valence-electron chi connectivity index (χ1n) is 7.76. The van der Waals surface area contributed by atoms with Gasteiger partial charge in [-0.2, -0.15) is 0 Å². The Morgan fingerprint density at radius 3 is 1.83 bits per heavy atom. The number of carboxylic acid groups (broad SMARTS) is 1. The summed E-state index contributed by atoms with van der Waals surface area (Å²) in [6, 6.07) is 18.3. The van der Waals surface area contributed by atoms with Crippen LogP contribution in [0, 0.1) is 0 Å². The van der Waals surface area contributed by atoms with Gasteiger partial charge in [0, 0.05) is 13.1 Å². The lowest BCUT2D eigenvalue weighted by Crippen LogP contribution is -2.40. The zero-order valence-corrected chi connectivity index (χ0v) is 14.6. The van der Waals surface area contributed by atoms with Crippen molar-refractivity contribution in [3.05, 3.63) is 71.8 Å². The summed E-state index contributed by atoms with van der Waals surface area (Å²) in [5, 5.41) is 18.8. The molecule has 0 atom stereocenters. The highest BCUT2D eigenvalue weighted by Crippen LogP contribution is 2.31. The van der Waals surface area contributed by atoms with Gasteiger partial charge in [0.2, 0.25) is 0 Å². The number of benzene rings is 2. The van der Waals surface area contributed by atoms with Crippen LogP contribution in [0.1, 0.15) is 28.8 Å². The molecule has 2 aromatic carbocycles. The fourth-order valence-corrected chi connectivity index (χ4v) is 2.61. The molecule has 4 nitrogen and oxygen atoms in total. The Bertz CT molecular complexity index is 611. The molecule has 130 valence electrons. The maximum Gasteiger partial charge on any atom is 0.335 e. The molecule has 1 fully saturated rings. The van der Waals surface area contributed by atoms with Crippen molar-refractivity contribution in [3.8, 4) is 0 Å². The minimum absolute atomic E-state index is 0. The molecule has 0 saturated carbocycles. The molecule has 3 rings (SSSR count). The number of nitrogens with zero attached hydrogens (tertiary/aromatic N) is 1. The first-order chi connectivity index (χ1) is 11.0. The molecule has 0 radical (unpaired) electrons. The van der Waals surface area contributed by atoms with Crippen molar-refractivity contribution in [2.45, 2.75) is 18.4 Å². The lowest BCUT2D eigenvalue weighted by molar-refractivity contribution is -0.0203. The molecule has 1 saturated heterocycles. The third-order valence-electron chi connectivity index (χ3n) is 4.15. The van der Waals surface area contributed by atoms with E-state index in [1.165, 1.54) is 0 Å². The molecule has 2 N–H and O–H groups in total. The minimum Gasteiger partial charge on any atom is -0.478 e. The number of piperidine rings is 1. The van der Waals surface area contributed by atoms with E-state index in [1.807, 2.05) is 30.3 Å².